The molecule has 1 amide bonds. The van der Waals surface area contributed by atoms with Crippen molar-refractivity contribution in [2.24, 2.45) is 17.8 Å². The number of hydrogen-bond donors (Lipinski definition) is 1. The summed E-state index contributed by atoms with van der Waals surface area (Å²) < 4.78 is 4.97. The fraction of sp³-hybridized carbons (Fsp3) is 0.588. The number of carbonyl (C=O) groups is 1. The summed E-state index contributed by atoms with van der Waals surface area (Å²) in [6, 6.07) is 4.54. The lowest BCUT2D eigenvalue weighted by Crippen LogP contribution is -2.27. The number of carbonyl (C=O) groups excluding carboxylic acids is 1. The van der Waals surface area contributed by atoms with Crippen LogP contribution in [0, 0.1) is 27.9 Å². The average Bonchev–Trinajstić information content (AvgIpc) is 2.92. The molecule has 132 valence electrons. The molecule has 1 aliphatic rings. The van der Waals surface area contributed by atoms with Crippen LogP contribution >= 0.6 is 0 Å². The molecule has 0 unspecified atom stereocenters. The quantitative estimate of drug-likeness (QED) is 0.603. The van der Waals surface area contributed by atoms with E-state index in [2.05, 4.69) is 33.0 Å². The number of cyclic esters (lactones) is 1. The third-order valence-electron chi connectivity index (χ3n) is 4.48. The van der Waals surface area contributed by atoms with E-state index in [4.69, 9.17) is 4.74 Å². The van der Waals surface area contributed by atoms with Crippen LogP contribution in [0.2, 0.25) is 0 Å². The van der Waals surface area contributed by atoms with Gasteiger partial charge in [0, 0.05) is 18.7 Å². The number of benzene rings is 1. The van der Waals surface area contributed by atoms with Gasteiger partial charge in [-0.25, -0.2) is 4.79 Å². The zero-order valence-electron chi connectivity index (χ0n) is 14.6. The molecule has 1 aromatic rings. The van der Waals surface area contributed by atoms with Gasteiger partial charge in [-0.3, -0.25) is 15.0 Å². The first-order valence-corrected chi connectivity index (χ1v) is 8.28. The highest BCUT2D eigenvalue weighted by atomic mass is 16.6. The summed E-state index contributed by atoms with van der Waals surface area (Å²) in [4.78, 5) is 23.9. The Morgan fingerprint density at radius 1 is 1.29 bits per heavy atom. The SMILES string of the molecule is CC(C)C(CNc1ccc([N+](=O)[O-])cc1N1CCOC1=O)C(C)C. The Morgan fingerprint density at radius 3 is 2.46 bits per heavy atom. The topological polar surface area (TPSA) is 84.7 Å². The number of non-ortho nitro benzene ring substituents is 1. The van der Waals surface area contributed by atoms with Crippen molar-refractivity contribution in [1.29, 1.82) is 0 Å². The summed E-state index contributed by atoms with van der Waals surface area (Å²) in [7, 11) is 0. The van der Waals surface area contributed by atoms with Crippen LogP contribution in [0.5, 0.6) is 0 Å². The lowest BCUT2D eigenvalue weighted by atomic mass is 9.85. The van der Waals surface area contributed by atoms with Crippen molar-refractivity contribution >= 4 is 23.2 Å². The highest BCUT2D eigenvalue weighted by Gasteiger charge is 2.28. The summed E-state index contributed by atoms with van der Waals surface area (Å²) in [5.41, 5.74) is 1.17. The van der Waals surface area contributed by atoms with Crippen molar-refractivity contribution in [3.8, 4) is 0 Å². The molecular formula is C17H25N3O4. The molecule has 1 aromatic carbocycles. The highest BCUT2D eigenvalue weighted by Crippen LogP contribution is 2.33. The van der Waals surface area contributed by atoms with E-state index in [0.717, 1.165) is 6.54 Å². The van der Waals surface area contributed by atoms with Crippen LogP contribution in [0.4, 0.5) is 21.9 Å². The van der Waals surface area contributed by atoms with Crippen molar-refractivity contribution in [1.82, 2.24) is 0 Å². The summed E-state index contributed by atoms with van der Waals surface area (Å²) in [5.74, 6) is 1.48. The molecular weight excluding hydrogens is 310 g/mol. The summed E-state index contributed by atoms with van der Waals surface area (Å²) in [6.07, 6.45) is -0.470. The number of hydrogen-bond acceptors (Lipinski definition) is 5. The number of anilines is 2. The molecule has 24 heavy (non-hydrogen) atoms. The van der Waals surface area contributed by atoms with E-state index in [-0.39, 0.29) is 5.69 Å². The Bertz CT molecular complexity index is 608. The van der Waals surface area contributed by atoms with E-state index in [1.54, 1.807) is 6.07 Å². The van der Waals surface area contributed by atoms with Crippen LogP contribution in [0.25, 0.3) is 0 Å². The second kappa shape index (κ2) is 7.51. The molecule has 1 N–H and O–H groups in total. The minimum atomic E-state index is -0.470. The van der Waals surface area contributed by atoms with Gasteiger partial charge in [-0.2, -0.15) is 0 Å². The standard InChI is InChI=1S/C17H25N3O4/c1-11(2)14(12(3)4)10-18-15-6-5-13(20(22)23)9-16(15)19-7-8-24-17(19)21/h5-6,9,11-12,14,18H,7-8,10H2,1-4H3. The van der Waals surface area contributed by atoms with E-state index >= 15 is 0 Å². The Kier molecular flexibility index (Phi) is 5.64. The van der Waals surface area contributed by atoms with Crippen LogP contribution in [0.1, 0.15) is 27.7 Å². The van der Waals surface area contributed by atoms with Crippen molar-refractivity contribution in [2.45, 2.75) is 27.7 Å². The van der Waals surface area contributed by atoms with E-state index in [0.29, 0.717) is 42.3 Å². The molecule has 1 fully saturated rings. The van der Waals surface area contributed by atoms with E-state index in [9.17, 15) is 14.9 Å². The minimum Gasteiger partial charge on any atom is -0.447 e. The Labute approximate surface area is 142 Å². The van der Waals surface area contributed by atoms with Crippen molar-refractivity contribution < 1.29 is 14.5 Å². The summed E-state index contributed by atoms with van der Waals surface area (Å²) >= 11 is 0. The smallest absolute Gasteiger partial charge is 0.414 e. The number of ether oxygens (including phenoxy) is 1. The first-order chi connectivity index (χ1) is 11.3. The second-order valence-corrected chi connectivity index (χ2v) is 6.76. The van der Waals surface area contributed by atoms with Gasteiger partial charge >= 0.3 is 6.09 Å². The van der Waals surface area contributed by atoms with Gasteiger partial charge in [0.2, 0.25) is 0 Å². The molecule has 2 rings (SSSR count). The van der Waals surface area contributed by atoms with Crippen molar-refractivity contribution in [3.63, 3.8) is 0 Å². The number of nitrogens with one attached hydrogen (secondary N) is 1. The molecule has 1 saturated heterocycles. The van der Waals surface area contributed by atoms with E-state index < -0.39 is 11.0 Å². The summed E-state index contributed by atoms with van der Waals surface area (Å²) in [5, 5.41) is 14.4. The molecule has 0 atom stereocenters. The maximum Gasteiger partial charge on any atom is 0.414 e. The zero-order chi connectivity index (χ0) is 17.9. The number of nitrogens with zero attached hydrogens (tertiary/aromatic N) is 2. The van der Waals surface area contributed by atoms with Gasteiger partial charge in [-0.05, 0) is 23.8 Å². The molecule has 0 radical (unpaired) electrons. The van der Waals surface area contributed by atoms with Gasteiger partial charge in [0.05, 0.1) is 22.8 Å². The Hall–Kier alpha value is -2.31. The van der Waals surface area contributed by atoms with Crippen LogP contribution in [-0.2, 0) is 4.74 Å². The van der Waals surface area contributed by atoms with Crippen LogP contribution in [-0.4, -0.2) is 30.7 Å². The van der Waals surface area contributed by atoms with Crippen molar-refractivity contribution in [3.05, 3.63) is 28.3 Å². The third-order valence-corrected chi connectivity index (χ3v) is 4.48. The fourth-order valence-electron chi connectivity index (χ4n) is 3.09. The molecule has 0 spiro atoms. The predicted molar refractivity (Wildman–Crippen MR) is 93.4 cm³/mol. The first-order valence-electron chi connectivity index (χ1n) is 8.28. The predicted octanol–water partition coefficient (Wildman–Crippen LogP) is 3.89. The van der Waals surface area contributed by atoms with Gasteiger partial charge in [-0.15, -0.1) is 0 Å². The molecule has 7 heteroatoms. The molecule has 1 aliphatic heterocycles. The first kappa shape index (κ1) is 18.0. The van der Waals surface area contributed by atoms with E-state index in [1.165, 1.54) is 17.0 Å². The van der Waals surface area contributed by atoms with E-state index in [1.807, 2.05) is 0 Å². The van der Waals surface area contributed by atoms with Gasteiger partial charge in [0.25, 0.3) is 5.69 Å². The summed E-state index contributed by atoms with van der Waals surface area (Å²) in [6.45, 7) is 10.2. The Balaban J connectivity index is 2.28. The normalized spacial score (nSPS) is 14.6. The lowest BCUT2D eigenvalue weighted by molar-refractivity contribution is -0.384. The molecule has 0 saturated carbocycles. The second-order valence-electron chi connectivity index (χ2n) is 6.76. The molecule has 0 bridgehead atoms. The van der Waals surface area contributed by atoms with Gasteiger partial charge < -0.3 is 10.1 Å². The number of nitro groups is 1. The maximum atomic E-state index is 11.9. The van der Waals surface area contributed by atoms with Crippen LogP contribution in [0.3, 0.4) is 0 Å². The number of amides is 1. The zero-order valence-corrected chi connectivity index (χ0v) is 14.6. The minimum absolute atomic E-state index is 0.0421. The van der Waals surface area contributed by atoms with Gasteiger partial charge in [0.1, 0.15) is 6.61 Å². The maximum absolute atomic E-state index is 11.9. The average molecular weight is 335 g/mol. The van der Waals surface area contributed by atoms with Crippen molar-refractivity contribution in [2.75, 3.05) is 29.9 Å². The molecule has 0 aliphatic carbocycles. The number of nitro benzene ring substituents is 1. The number of rotatable bonds is 7. The van der Waals surface area contributed by atoms with Gasteiger partial charge in [0.15, 0.2) is 0 Å². The third kappa shape index (κ3) is 3.96. The monoisotopic (exact) mass is 335 g/mol. The van der Waals surface area contributed by atoms with Crippen LogP contribution < -0.4 is 10.2 Å². The van der Waals surface area contributed by atoms with Gasteiger partial charge in [-0.1, -0.05) is 27.7 Å². The fourth-order valence-corrected chi connectivity index (χ4v) is 3.09. The lowest BCUT2D eigenvalue weighted by Gasteiger charge is -2.27. The molecule has 0 aromatic heterocycles. The molecule has 7 nitrogen and oxygen atoms in total. The molecule has 1 heterocycles. The largest absolute Gasteiger partial charge is 0.447 e. The Morgan fingerprint density at radius 2 is 1.96 bits per heavy atom. The highest BCUT2D eigenvalue weighted by molar-refractivity contribution is 5.94. The van der Waals surface area contributed by atoms with Crippen LogP contribution in [0.15, 0.2) is 18.2 Å².